The molecular weight excluding hydrogens is 200 g/mol. The average molecular weight is 220 g/mol. The molecule has 0 bridgehead atoms. The van der Waals surface area contributed by atoms with Crippen LogP contribution in [0.5, 0.6) is 0 Å². The summed E-state index contributed by atoms with van der Waals surface area (Å²) in [5.41, 5.74) is 8.40. The molecule has 16 heavy (non-hydrogen) atoms. The van der Waals surface area contributed by atoms with Crippen LogP contribution in [-0.4, -0.2) is 37.2 Å². The number of hydrogen-bond acceptors (Lipinski definition) is 3. The zero-order valence-electron chi connectivity index (χ0n) is 9.86. The monoisotopic (exact) mass is 220 g/mol. The minimum atomic E-state index is 0.206. The summed E-state index contributed by atoms with van der Waals surface area (Å²) >= 11 is 0. The smallest absolute Gasteiger partial charge is 0.0824 e. The lowest BCUT2D eigenvalue weighted by Gasteiger charge is -2.32. The number of nitrogens with zero attached hydrogens (tertiary/aromatic N) is 1. The van der Waals surface area contributed by atoms with E-state index in [0.29, 0.717) is 6.54 Å². The molecule has 1 aromatic carbocycles. The average Bonchev–Trinajstić information content (AvgIpc) is 2.32. The van der Waals surface area contributed by atoms with E-state index in [2.05, 4.69) is 36.1 Å². The number of hydrogen-bond donors (Lipinski definition) is 1. The molecule has 3 heteroatoms. The number of nitrogens with two attached hydrogens (primary N) is 1. The lowest BCUT2D eigenvalue weighted by Crippen LogP contribution is -2.45. The first-order valence-corrected chi connectivity index (χ1v) is 5.88. The van der Waals surface area contributed by atoms with Crippen molar-refractivity contribution < 1.29 is 4.74 Å². The standard InChI is InChI=1S/C13H20N2O/c1-11-4-2-3-5-12(11)9-15-6-7-16-13(8-14)10-15/h2-5,13H,6-10,14H2,1H3/t13-/m0/s1. The largest absolute Gasteiger partial charge is 0.374 e. The van der Waals surface area contributed by atoms with Crippen LogP contribution in [-0.2, 0) is 11.3 Å². The summed E-state index contributed by atoms with van der Waals surface area (Å²) in [5.74, 6) is 0. The molecule has 1 aromatic rings. The molecule has 3 nitrogen and oxygen atoms in total. The van der Waals surface area contributed by atoms with Crippen LogP contribution >= 0.6 is 0 Å². The van der Waals surface area contributed by atoms with Gasteiger partial charge in [-0.15, -0.1) is 0 Å². The summed E-state index contributed by atoms with van der Waals surface area (Å²) in [5, 5.41) is 0. The van der Waals surface area contributed by atoms with Gasteiger partial charge >= 0.3 is 0 Å². The van der Waals surface area contributed by atoms with Gasteiger partial charge in [-0.25, -0.2) is 0 Å². The lowest BCUT2D eigenvalue weighted by molar-refractivity contribution is -0.0261. The summed E-state index contributed by atoms with van der Waals surface area (Å²) < 4.78 is 5.56. The summed E-state index contributed by atoms with van der Waals surface area (Å²) in [4.78, 5) is 2.42. The van der Waals surface area contributed by atoms with Crippen LogP contribution in [0.4, 0.5) is 0 Å². The van der Waals surface area contributed by atoms with Gasteiger partial charge in [-0.1, -0.05) is 24.3 Å². The van der Waals surface area contributed by atoms with E-state index in [-0.39, 0.29) is 6.10 Å². The minimum Gasteiger partial charge on any atom is -0.374 e. The number of morpholine rings is 1. The molecule has 0 spiro atoms. The Kier molecular flexibility index (Phi) is 3.93. The Hall–Kier alpha value is -0.900. The summed E-state index contributed by atoms with van der Waals surface area (Å²) in [6.07, 6.45) is 0.206. The molecule has 1 fully saturated rings. The van der Waals surface area contributed by atoms with E-state index in [1.165, 1.54) is 11.1 Å². The van der Waals surface area contributed by atoms with Crippen LogP contribution in [0.25, 0.3) is 0 Å². The first-order valence-electron chi connectivity index (χ1n) is 5.88. The van der Waals surface area contributed by atoms with Gasteiger partial charge < -0.3 is 10.5 Å². The first-order chi connectivity index (χ1) is 7.79. The molecule has 0 unspecified atom stereocenters. The van der Waals surface area contributed by atoms with Gasteiger partial charge in [-0.3, -0.25) is 4.90 Å². The fourth-order valence-corrected chi connectivity index (χ4v) is 2.10. The van der Waals surface area contributed by atoms with Crippen LogP contribution in [0.2, 0.25) is 0 Å². The van der Waals surface area contributed by atoms with Gasteiger partial charge in [0.2, 0.25) is 0 Å². The van der Waals surface area contributed by atoms with Crippen LogP contribution in [0.3, 0.4) is 0 Å². The zero-order chi connectivity index (χ0) is 11.4. The summed E-state index contributed by atoms with van der Waals surface area (Å²) in [7, 11) is 0. The molecule has 0 aliphatic carbocycles. The fraction of sp³-hybridized carbons (Fsp3) is 0.538. The van der Waals surface area contributed by atoms with Crippen LogP contribution in [0.15, 0.2) is 24.3 Å². The van der Waals surface area contributed by atoms with Gasteiger partial charge in [0, 0.05) is 26.2 Å². The van der Waals surface area contributed by atoms with E-state index in [1.54, 1.807) is 0 Å². The van der Waals surface area contributed by atoms with Crippen LogP contribution < -0.4 is 5.73 Å². The zero-order valence-corrected chi connectivity index (χ0v) is 9.86. The molecule has 88 valence electrons. The minimum absolute atomic E-state index is 0.206. The van der Waals surface area contributed by atoms with Crippen molar-refractivity contribution in [2.75, 3.05) is 26.2 Å². The molecule has 1 saturated heterocycles. The maximum absolute atomic E-state index is 5.64. The highest BCUT2D eigenvalue weighted by atomic mass is 16.5. The van der Waals surface area contributed by atoms with Gasteiger partial charge in [0.25, 0.3) is 0 Å². The van der Waals surface area contributed by atoms with Crippen molar-refractivity contribution in [3.05, 3.63) is 35.4 Å². The Balaban J connectivity index is 1.97. The van der Waals surface area contributed by atoms with E-state index in [0.717, 1.165) is 26.2 Å². The van der Waals surface area contributed by atoms with E-state index in [9.17, 15) is 0 Å². The van der Waals surface area contributed by atoms with E-state index in [4.69, 9.17) is 10.5 Å². The predicted octanol–water partition coefficient (Wildman–Crippen LogP) is 1.15. The second kappa shape index (κ2) is 5.43. The van der Waals surface area contributed by atoms with Gasteiger partial charge in [-0.2, -0.15) is 0 Å². The van der Waals surface area contributed by atoms with E-state index < -0.39 is 0 Å². The van der Waals surface area contributed by atoms with E-state index >= 15 is 0 Å². The van der Waals surface area contributed by atoms with Crippen molar-refractivity contribution >= 4 is 0 Å². The molecule has 1 heterocycles. The maximum Gasteiger partial charge on any atom is 0.0824 e. The van der Waals surface area contributed by atoms with Gasteiger partial charge in [0.15, 0.2) is 0 Å². The highest BCUT2D eigenvalue weighted by Gasteiger charge is 2.19. The number of rotatable bonds is 3. The highest BCUT2D eigenvalue weighted by Crippen LogP contribution is 2.13. The molecule has 0 radical (unpaired) electrons. The summed E-state index contributed by atoms with van der Waals surface area (Å²) in [6.45, 7) is 6.54. The Labute approximate surface area is 97.2 Å². The second-order valence-corrected chi connectivity index (χ2v) is 4.39. The third-order valence-corrected chi connectivity index (χ3v) is 3.14. The molecule has 1 aliphatic rings. The fourth-order valence-electron chi connectivity index (χ4n) is 2.10. The summed E-state index contributed by atoms with van der Waals surface area (Å²) in [6, 6.07) is 8.54. The van der Waals surface area contributed by atoms with Crippen LogP contribution in [0, 0.1) is 6.92 Å². The molecule has 0 saturated carbocycles. The first kappa shape index (κ1) is 11.6. The normalized spacial score (nSPS) is 22.2. The highest BCUT2D eigenvalue weighted by molar-refractivity contribution is 5.25. The van der Waals surface area contributed by atoms with Crippen molar-refractivity contribution in [2.24, 2.45) is 5.73 Å². The molecule has 2 N–H and O–H groups in total. The van der Waals surface area contributed by atoms with Crippen molar-refractivity contribution in [3.63, 3.8) is 0 Å². The topological polar surface area (TPSA) is 38.5 Å². The predicted molar refractivity (Wildman–Crippen MR) is 65.3 cm³/mol. The van der Waals surface area contributed by atoms with Gasteiger partial charge in [0.05, 0.1) is 12.7 Å². The molecular formula is C13H20N2O. The number of aryl methyl sites for hydroxylation is 1. The second-order valence-electron chi connectivity index (χ2n) is 4.39. The lowest BCUT2D eigenvalue weighted by atomic mass is 10.1. The van der Waals surface area contributed by atoms with Crippen LogP contribution in [0.1, 0.15) is 11.1 Å². The SMILES string of the molecule is Cc1ccccc1CN1CCO[C@@H](CN)C1. The Morgan fingerprint density at radius 1 is 1.44 bits per heavy atom. The van der Waals surface area contributed by atoms with Gasteiger partial charge in [-0.05, 0) is 18.1 Å². The number of benzene rings is 1. The van der Waals surface area contributed by atoms with Crippen molar-refractivity contribution in [1.82, 2.24) is 4.90 Å². The third kappa shape index (κ3) is 2.82. The Bertz CT molecular complexity index is 340. The Morgan fingerprint density at radius 3 is 3.00 bits per heavy atom. The van der Waals surface area contributed by atoms with Gasteiger partial charge in [0.1, 0.15) is 0 Å². The quantitative estimate of drug-likeness (QED) is 0.830. The molecule has 0 aromatic heterocycles. The van der Waals surface area contributed by atoms with Crippen molar-refractivity contribution in [3.8, 4) is 0 Å². The van der Waals surface area contributed by atoms with E-state index in [1.807, 2.05) is 0 Å². The molecule has 0 amide bonds. The Morgan fingerprint density at radius 2 is 2.25 bits per heavy atom. The van der Waals surface area contributed by atoms with Crippen molar-refractivity contribution in [1.29, 1.82) is 0 Å². The molecule has 1 atom stereocenters. The molecule has 1 aliphatic heterocycles. The van der Waals surface area contributed by atoms with Crippen molar-refractivity contribution in [2.45, 2.75) is 19.6 Å². The number of ether oxygens (including phenoxy) is 1. The molecule has 2 rings (SSSR count). The maximum atomic E-state index is 5.64. The third-order valence-electron chi connectivity index (χ3n) is 3.14.